The maximum absolute atomic E-state index is 12.7. The van der Waals surface area contributed by atoms with Gasteiger partial charge in [-0.3, -0.25) is 9.80 Å². The number of nitrogens with zero attached hydrogens (tertiary/aromatic N) is 6. The third-order valence-corrected chi connectivity index (χ3v) is 6.06. The van der Waals surface area contributed by atoms with E-state index in [9.17, 15) is 10.1 Å². The van der Waals surface area contributed by atoms with Crippen LogP contribution in [0.25, 0.3) is 0 Å². The molecule has 1 aromatic rings. The monoisotopic (exact) mass is 444 g/mol. The predicted molar refractivity (Wildman–Crippen MR) is 122 cm³/mol. The second-order valence-corrected chi connectivity index (χ2v) is 10.0. The first kappa shape index (κ1) is 24.1. The lowest BCUT2D eigenvalue weighted by molar-refractivity contribution is 0.00557. The summed E-state index contributed by atoms with van der Waals surface area (Å²) in [5.41, 5.74) is -0.273. The first-order valence-electron chi connectivity index (χ1n) is 11.4. The zero-order valence-corrected chi connectivity index (χ0v) is 20.3. The van der Waals surface area contributed by atoms with Gasteiger partial charge in [-0.25, -0.2) is 4.79 Å². The highest BCUT2D eigenvalue weighted by molar-refractivity contribution is 5.69. The molecule has 1 unspecified atom stereocenters. The molecule has 3 rings (SSSR count). The normalized spacial score (nSPS) is 25.4. The van der Waals surface area contributed by atoms with E-state index >= 15 is 0 Å². The van der Waals surface area contributed by atoms with Gasteiger partial charge in [0.1, 0.15) is 29.3 Å². The number of aromatic nitrogens is 2. The minimum absolute atomic E-state index is 0.0776. The number of amides is 1. The Morgan fingerprint density at radius 1 is 1.25 bits per heavy atom. The molecule has 9 heteroatoms. The van der Waals surface area contributed by atoms with Crippen molar-refractivity contribution in [1.82, 2.24) is 19.8 Å². The van der Waals surface area contributed by atoms with Crippen molar-refractivity contribution < 1.29 is 14.3 Å². The van der Waals surface area contributed by atoms with E-state index in [4.69, 9.17) is 9.47 Å². The van der Waals surface area contributed by atoms with Crippen molar-refractivity contribution in [2.75, 3.05) is 31.6 Å². The number of hydrogen-bond acceptors (Lipinski definition) is 8. The van der Waals surface area contributed by atoms with E-state index in [0.29, 0.717) is 24.9 Å². The number of piperazine rings is 1. The fraction of sp³-hybridized carbons (Fsp3) is 0.739. The van der Waals surface area contributed by atoms with E-state index in [0.717, 1.165) is 19.4 Å². The summed E-state index contributed by atoms with van der Waals surface area (Å²) in [6.45, 7) is 13.8. The number of carbonyl (C=O) groups is 1. The summed E-state index contributed by atoms with van der Waals surface area (Å²) >= 11 is 0. The molecule has 0 aliphatic carbocycles. The van der Waals surface area contributed by atoms with Gasteiger partial charge in [0.05, 0.1) is 12.1 Å². The molecular formula is C23H36N6O3. The summed E-state index contributed by atoms with van der Waals surface area (Å²) in [7, 11) is 2.10. The van der Waals surface area contributed by atoms with E-state index < -0.39 is 5.60 Å². The van der Waals surface area contributed by atoms with Crippen LogP contribution in [0.4, 0.5) is 10.6 Å². The van der Waals surface area contributed by atoms with Crippen LogP contribution < -0.4 is 9.64 Å². The number of nitriles is 1. The lowest BCUT2D eigenvalue weighted by Gasteiger charge is -2.44. The van der Waals surface area contributed by atoms with Crippen LogP contribution in [0.5, 0.6) is 6.01 Å². The molecule has 9 nitrogen and oxygen atoms in total. The third kappa shape index (κ3) is 5.60. The third-order valence-electron chi connectivity index (χ3n) is 6.06. The molecule has 0 radical (unpaired) electrons. The standard InChI is InChI=1S/C23H36N6O3/c1-15-13-28(14-16(2)29(15)22(30)32-23(4,5)6)20-11-18(12-24)25-21(26-20)31-17(3)19-9-8-10-27(19)7/h11,15-17,19H,8-10,13-14H2,1-7H3/t15-,16?,17+,19+/m1/s1. The minimum atomic E-state index is -0.543. The zero-order chi connectivity index (χ0) is 23.6. The molecule has 1 aromatic heterocycles. The van der Waals surface area contributed by atoms with Crippen LogP contribution in [-0.4, -0.2) is 82.4 Å². The van der Waals surface area contributed by atoms with Crippen molar-refractivity contribution in [3.05, 3.63) is 11.8 Å². The molecule has 2 saturated heterocycles. The largest absolute Gasteiger partial charge is 0.459 e. The van der Waals surface area contributed by atoms with Crippen molar-refractivity contribution in [3.8, 4) is 12.1 Å². The Labute approximate surface area is 191 Å². The molecule has 4 atom stereocenters. The summed E-state index contributed by atoms with van der Waals surface area (Å²) < 4.78 is 11.7. The smallest absolute Gasteiger partial charge is 0.410 e. The Morgan fingerprint density at radius 2 is 1.91 bits per heavy atom. The van der Waals surface area contributed by atoms with E-state index in [-0.39, 0.29) is 36.0 Å². The van der Waals surface area contributed by atoms with Gasteiger partial charge in [0.15, 0.2) is 0 Å². The van der Waals surface area contributed by atoms with Crippen LogP contribution in [0.15, 0.2) is 6.07 Å². The highest BCUT2D eigenvalue weighted by Gasteiger charge is 2.36. The summed E-state index contributed by atoms with van der Waals surface area (Å²) in [6.07, 6.45) is 1.84. The fourth-order valence-electron chi connectivity index (χ4n) is 4.64. The zero-order valence-electron chi connectivity index (χ0n) is 20.3. The SMILES string of the molecule is CC1CN(c2cc(C#N)nc(O[C@@H](C)[C@@H]3CCCN3C)n2)C[C@@H](C)N1C(=O)OC(C)(C)C. The van der Waals surface area contributed by atoms with Gasteiger partial charge in [0.25, 0.3) is 0 Å². The summed E-state index contributed by atoms with van der Waals surface area (Å²) in [5, 5.41) is 9.51. The molecule has 2 aliphatic rings. The Morgan fingerprint density at radius 3 is 2.44 bits per heavy atom. The average Bonchev–Trinajstić information content (AvgIpc) is 3.11. The number of ether oxygens (including phenoxy) is 2. The summed E-state index contributed by atoms with van der Waals surface area (Å²) in [4.78, 5) is 27.8. The van der Waals surface area contributed by atoms with Crippen molar-refractivity contribution in [3.63, 3.8) is 0 Å². The number of carbonyl (C=O) groups excluding carboxylic acids is 1. The Bertz CT molecular complexity index is 852. The topological polar surface area (TPSA) is 94.8 Å². The van der Waals surface area contributed by atoms with Gasteiger partial charge in [0, 0.05) is 25.2 Å². The first-order valence-corrected chi connectivity index (χ1v) is 11.4. The molecule has 2 aliphatic heterocycles. The van der Waals surface area contributed by atoms with Gasteiger partial charge in [-0.15, -0.1) is 0 Å². The molecule has 3 heterocycles. The van der Waals surface area contributed by atoms with Crippen molar-refractivity contribution in [1.29, 1.82) is 5.26 Å². The highest BCUT2D eigenvalue weighted by Crippen LogP contribution is 2.26. The maximum atomic E-state index is 12.7. The van der Waals surface area contributed by atoms with E-state index in [1.807, 2.05) is 41.5 Å². The van der Waals surface area contributed by atoms with Crippen LogP contribution >= 0.6 is 0 Å². The van der Waals surface area contributed by atoms with Crippen LogP contribution in [-0.2, 0) is 4.74 Å². The molecule has 0 saturated carbocycles. The molecule has 0 N–H and O–H groups in total. The number of anilines is 1. The second-order valence-electron chi connectivity index (χ2n) is 10.0. The molecule has 32 heavy (non-hydrogen) atoms. The Balaban J connectivity index is 1.76. The lowest BCUT2D eigenvalue weighted by Crippen LogP contribution is -2.59. The quantitative estimate of drug-likeness (QED) is 0.699. The minimum Gasteiger partial charge on any atom is -0.459 e. The Hall–Kier alpha value is -2.60. The second kappa shape index (κ2) is 9.49. The summed E-state index contributed by atoms with van der Waals surface area (Å²) in [5.74, 6) is 0.640. The van der Waals surface area contributed by atoms with Gasteiger partial charge >= 0.3 is 12.1 Å². The van der Waals surface area contributed by atoms with Crippen LogP contribution in [0.1, 0.15) is 60.1 Å². The molecule has 0 spiro atoms. The maximum Gasteiger partial charge on any atom is 0.410 e. The van der Waals surface area contributed by atoms with Crippen LogP contribution in [0.2, 0.25) is 0 Å². The van der Waals surface area contributed by atoms with Crippen LogP contribution in [0, 0.1) is 11.3 Å². The molecule has 0 aromatic carbocycles. The Kier molecular flexibility index (Phi) is 7.13. The van der Waals surface area contributed by atoms with Crippen molar-refractivity contribution in [2.45, 2.75) is 84.2 Å². The average molecular weight is 445 g/mol. The number of likely N-dealkylation sites (N-methyl/N-ethyl adjacent to an activating group) is 1. The molecule has 2 fully saturated rings. The van der Waals surface area contributed by atoms with Gasteiger partial charge in [0.2, 0.25) is 0 Å². The van der Waals surface area contributed by atoms with E-state index in [2.05, 4.69) is 32.9 Å². The summed E-state index contributed by atoms with van der Waals surface area (Å²) in [6, 6.07) is 4.18. The number of hydrogen-bond donors (Lipinski definition) is 0. The fourth-order valence-corrected chi connectivity index (χ4v) is 4.64. The van der Waals surface area contributed by atoms with Gasteiger partial charge < -0.3 is 14.4 Å². The van der Waals surface area contributed by atoms with E-state index in [1.165, 1.54) is 0 Å². The number of rotatable bonds is 4. The lowest BCUT2D eigenvalue weighted by atomic mass is 10.1. The predicted octanol–water partition coefficient (Wildman–Crippen LogP) is 3.04. The van der Waals surface area contributed by atoms with Crippen LogP contribution in [0.3, 0.4) is 0 Å². The van der Waals surface area contributed by atoms with Gasteiger partial charge in [-0.1, -0.05) is 0 Å². The number of likely N-dealkylation sites (tertiary alicyclic amines) is 1. The van der Waals surface area contributed by atoms with Crippen molar-refractivity contribution in [2.24, 2.45) is 0 Å². The van der Waals surface area contributed by atoms with Crippen molar-refractivity contribution >= 4 is 11.9 Å². The first-order chi connectivity index (χ1) is 15.0. The van der Waals surface area contributed by atoms with E-state index in [1.54, 1.807) is 11.0 Å². The molecule has 1 amide bonds. The van der Waals surface area contributed by atoms with Gasteiger partial charge in [-0.2, -0.15) is 15.2 Å². The molecule has 176 valence electrons. The highest BCUT2D eigenvalue weighted by atomic mass is 16.6. The molecule has 0 bridgehead atoms. The van der Waals surface area contributed by atoms with Gasteiger partial charge in [-0.05, 0) is 68.0 Å². The molecular weight excluding hydrogens is 408 g/mol.